The topological polar surface area (TPSA) is 82.1 Å². The molecular weight excluding hydrogens is 380 g/mol. The van der Waals surface area contributed by atoms with Gasteiger partial charge in [-0.3, -0.25) is 14.4 Å². The molecule has 7 nitrogen and oxygen atoms in total. The molecule has 0 bridgehead atoms. The molecule has 1 N–H and O–H groups in total. The molecule has 3 amide bonds. The maximum Gasteiger partial charge on any atom is 0.250 e. The van der Waals surface area contributed by atoms with Gasteiger partial charge in [0.05, 0.1) is 13.0 Å². The fraction of sp³-hybridized carbons (Fsp3) is 0.652. The highest BCUT2D eigenvalue weighted by Crippen LogP contribution is 2.33. The highest BCUT2D eigenvalue weighted by Gasteiger charge is 2.49. The number of fused-ring (bicyclic) bond motifs is 1. The summed E-state index contributed by atoms with van der Waals surface area (Å²) in [6.07, 6.45) is 10.5. The molecule has 30 heavy (non-hydrogen) atoms. The molecule has 1 saturated carbocycles. The largest absolute Gasteiger partial charge is 0.350 e. The van der Waals surface area contributed by atoms with Gasteiger partial charge in [-0.2, -0.15) is 4.99 Å². The van der Waals surface area contributed by atoms with E-state index in [1.165, 1.54) is 0 Å². The normalized spacial score (nSPS) is 24.7. The number of allylic oxidation sites excluding steroid dienone is 2. The zero-order valence-electron chi connectivity index (χ0n) is 18.8. The SMILES string of the molecule is CC1=CN2C(=NC(=O)CC2(C)C(=O)N(CC(=O)NC(C)(C)C)C2CCCCC2)C=C1. The molecule has 0 aromatic heterocycles. The van der Waals surface area contributed by atoms with E-state index in [9.17, 15) is 14.4 Å². The first kappa shape index (κ1) is 22.2. The lowest BCUT2D eigenvalue weighted by molar-refractivity contribution is -0.149. The highest BCUT2D eigenvalue weighted by molar-refractivity contribution is 6.10. The van der Waals surface area contributed by atoms with E-state index >= 15 is 0 Å². The number of amidine groups is 1. The van der Waals surface area contributed by atoms with Crippen LogP contribution in [0.3, 0.4) is 0 Å². The van der Waals surface area contributed by atoms with Crippen molar-refractivity contribution in [2.45, 2.75) is 90.3 Å². The van der Waals surface area contributed by atoms with Gasteiger partial charge in [-0.15, -0.1) is 0 Å². The number of hydrogen-bond donors (Lipinski definition) is 1. The maximum atomic E-state index is 14.0. The van der Waals surface area contributed by atoms with Gasteiger partial charge in [-0.05, 0) is 59.1 Å². The van der Waals surface area contributed by atoms with Crippen LogP contribution in [-0.4, -0.2) is 57.0 Å². The number of aliphatic imine (C=N–C) groups is 1. The van der Waals surface area contributed by atoms with Gasteiger partial charge in [-0.25, -0.2) is 0 Å². The molecule has 3 rings (SSSR count). The predicted molar refractivity (Wildman–Crippen MR) is 117 cm³/mol. The van der Waals surface area contributed by atoms with E-state index in [4.69, 9.17) is 0 Å². The molecule has 1 unspecified atom stereocenters. The van der Waals surface area contributed by atoms with Crippen LogP contribution >= 0.6 is 0 Å². The third-order valence-corrected chi connectivity index (χ3v) is 5.91. The van der Waals surface area contributed by atoms with Gasteiger partial charge in [-0.1, -0.05) is 25.3 Å². The number of amides is 3. The van der Waals surface area contributed by atoms with E-state index < -0.39 is 5.54 Å². The number of nitrogens with zero attached hydrogens (tertiary/aromatic N) is 3. The Hall–Kier alpha value is -2.44. The van der Waals surface area contributed by atoms with Crippen molar-refractivity contribution in [3.8, 4) is 0 Å². The van der Waals surface area contributed by atoms with Crippen LogP contribution in [0.1, 0.15) is 73.1 Å². The van der Waals surface area contributed by atoms with Crippen molar-refractivity contribution in [2.75, 3.05) is 6.54 Å². The lowest BCUT2D eigenvalue weighted by Gasteiger charge is -2.46. The van der Waals surface area contributed by atoms with E-state index in [1.54, 1.807) is 17.9 Å². The van der Waals surface area contributed by atoms with Gasteiger partial charge in [0.25, 0.3) is 5.91 Å². The van der Waals surface area contributed by atoms with Gasteiger partial charge in [0.15, 0.2) is 0 Å². The average molecular weight is 415 g/mol. The van der Waals surface area contributed by atoms with Crippen LogP contribution in [0.4, 0.5) is 0 Å². The van der Waals surface area contributed by atoms with Crippen LogP contribution in [0.15, 0.2) is 28.9 Å². The van der Waals surface area contributed by atoms with Crippen LogP contribution in [0.25, 0.3) is 0 Å². The van der Waals surface area contributed by atoms with E-state index in [2.05, 4.69) is 10.3 Å². The highest BCUT2D eigenvalue weighted by atomic mass is 16.2. The third kappa shape index (κ3) is 4.82. The summed E-state index contributed by atoms with van der Waals surface area (Å²) < 4.78 is 0. The lowest BCUT2D eigenvalue weighted by atomic mass is 9.87. The van der Waals surface area contributed by atoms with E-state index in [1.807, 2.05) is 44.9 Å². The molecule has 3 aliphatic rings. The molecule has 1 aliphatic carbocycles. The first-order valence-electron chi connectivity index (χ1n) is 10.9. The van der Waals surface area contributed by atoms with Crippen molar-refractivity contribution < 1.29 is 14.4 Å². The van der Waals surface area contributed by atoms with Gasteiger partial charge < -0.3 is 15.1 Å². The minimum atomic E-state index is -1.10. The molecule has 0 saturated heterocycles. The molecule has 7 heteroatoms. The van der Waals surface area contributed by atoms with Crippen molar-refractivity contribution in [2.24, 2.45) is 4.99 Å². The summed E-state index contributed by atoms with van der Waals surface area (Å²) in [6.45, 7) is 9.52. The Balaban J connectivity index is 1.92. The van der Waals surface area contributed by atoms with E-state index in [-0.39, 0.29) is 42.3 Å². The number of carbonyl (C=O) groups is 3. The number of carbonyl (C=O) groups excluding carboxylic acids is 3. The standard InChI is InChI=1S/C23H34N4O3/c1-16-11-12-18-24-19(28)13-23(5,27(18)14-16)21(30)26(17-9-7-6-8-10-17)15-20(29)25-22(2,3)4/h11-12,14,17H,6-10,13,15H2,1-5H3,(H,25,29). The second kappa shape index (κ2) is 8.36. The molecule has 164 valence electrons. The summed E-state index contributed by atoms with van der Waals surface area (Å²) in [6, 6.07) is 0.0108. The first-order chi connectivity index (χ1) is 14.0. The Morgan fingerprint density at radius 3 is 2.53 bits per heavy atom. The molecule has 1 fully saturated rings. The van der Waals surface area contributed by atoms with Crippen molar-refractivity contribution >= 4 is 23.6 Å². The summed E-state index contributed by atoms with van der Waals surface area (Å²) >= 11 is 0. The lowest BCUT2D eigenvalue weighted by Crippen LogP contribution is -2.63. The Kier molecular flexibility index (Phi) is 6.20. The Labute approximate surface area is 179 Å². The minimum Gasteiger partial charge on any atom is -0.350 e. The fourth-order valence-corrected chi connectivity index (χ4v) is 4.49. The zero-order valence-corrected chi connectivity index (χ0v) is 18.8. The van der Waals surface area contributed by atoms with Crippen LogP contribution in [0.5, 0.6) is 0 Å². The molecule has 2 heterocycles. The monoisotopic (exact) mass is 414 g/mol. The van der Waals surface area contributed by atoms with Crippen molar-refractivity contribution in [1.29, 1.82) is 0 Å². The van der Waals surface area contributed by atoms with Crippen molar-refractivity contribution in [3.63, 3.8) is 0 Å². The average Bonchev–Trinajstić information content (AvgIpc) is 2.65. The van der Waals surface area contributed by atoms with E-state index in [0.29, 0.717) is 5.84 Å². The van der Waals surface area contributed by atoms with Crippen LogP contribution in [0.2, 0.25) is 0 Å². The van der Waals surface area contributed by atoms with Crippen molar-refractivity contribution in [3.05, 3.63) is 23.9 Å². The molecule has 1 atom stereocenters. The Morgan fingerprint density at radius 1 is 1.23 bits per heavy atom. The van der Waals surface area contributed by atoms with E-state index in [0.717, 1.165) is 37.7 Å². The zero-order chi connectivity index (χ0) is 22.1. The Bertz CT molecular complexity index is 815. The molecule has 2 aliphatic heterocycles. The summed E-state index contributed by atoms with van der Waals surface area (Å²) in [5.74, 6) is -0.183. The summed E-state index contributed by atoms with van der Waals surface area (Å²) in [5.41, 5.74) is -0.489. The number of hydrogen-bond acceptors (Lipinski definition) is 4. The third-order valence-electron chi connectivity index (χ3n) is 5.91. The molecular formula is C23H34N4O3. The molecule has 0 radical (unpaired) electrons. The van der Waals surface area contributed by atoms with Gasteiger partial charge in [0.1, 0.15) is 11.4 Å². The fourth-order valence-electron chi connectivity index (χ4n) is 4.49. The second-order valence-corrected chi connectivity index (χ2v) is 9.91. The van der Waals surface area contributed by atoms with Crippen LogP contribution < -0.4 is 5.32 Å². The molecule has 0 aromatic carbocycles. The number of rotatable bonds is 4. The van der Waals surface area contributed by atoms with Gasteiger partial charge in [0.2, 0.25) is 11.8 Å². The predicted octanol–water partition coefficient (Wildman–Crippen LogP) is 2.93. The first-order valence-corrected chi connectivity index (χ1v) is 10.9. The van der Waals surface area contributed by atoms with Crippen LogP contribution in [-0.2, 0) is 14.4 Å². The molecule has 0 aromatic rings. The summed E-state index contributed by atoms with van der Waals surface area (Å²) in [4.78, 5) is 46.8. The summed E-state index contributed by atoms with van der Waals surface area (Å²) in [5, 5.41) is 2.97. The summed E-state index contributed by atoms with van der Waals surface area (Å²) in [7, 11) is 0. The van der Waals surface area contributed by atoms with Gasteiger partial charge >= 0.3 is 0 Å². The maximum absolute atomic E-state index is 14.0. The minimum absolute atomic E-state index is 0.00291. The quantitative estimate of drug-likeness (QED) is 0.767. The Morgan fingerprint density at radius 2 is 1.90 bits per heavy atom. The molecule has 0 spiro atoms. The second-order valence-electron chi connectivity index (χ2n) is 9.91. The smallest absolute Gasteiger partial charge is 0.250 e. The van der Waals surface area contributed by atoms with Gasteiger partial charge in [0, 0.05) is 17.8 Å². The number of nitrogens with one attached hydrogen (secondary N) is 1. The van der Waals surface area contributed by atoms with Crippen LogP contribution in [0, 0.1) is 0 Å². The van der Waals surface area contributed by atoms with Crippen molar-refractivity contribution in [1.82, 2.24) is 15.1 Å².